The van der Waals surface area contributed by atoms with Crippen molar-refractivity contribution in [3.8, 4) is 0 Å². The van der Waals surface area contributed by atoms with Gasteiger partial charge in [-0.05, 0) is 32.9 Å². The average Bonchev–Trinajstić information content (AvgIpc) is 2.42. The summed E-state index contributed by atoms with van der Waals surface area (Å²) < 4.78 is 1.39. The van der Waals surface area contributed by atoms with Crippen LogP contribution in [0.2, 0.25) is 0 Å². The lowest BCUT2D eigenvalue weighted by Crippen LogP contribution is -2.32. The first-order valence-electron chi connectivity index (χ1n) is 6.38. The highest BCUT2D eigenvalue weighted by Crippen LogP contribution is 2.05. The van der Waals surface area contributed by atoms with Crippen LogP contribution in [0.3, 0.4) is 0 Å². The molecule has 1 aromatic carbocycles. The Kier molecular flexibility index (Phi) is 3.98. The maximum atomic E-state index is 12.1. The number of aromatic nitrogens is 2. The van der Waals surface area contributed by atoms with Crippen molar-refractivity contribution in [1.82, 2.24) is 9.55 Å². The summed E-state index contributed by atoms with van der Waals surface area (Å²) in [6, 6.07) is 9.14. The molecule has 0 fully saturated rings. The maximum absolute atomic E-state index is 12.1. The number of anilines is 1. The molecule has 5 heteroatoms. The van der Waals surface area contributed by atoms with Gasteiger partial charge in [-0.25, -0.2) is 4.98 Å². The zero-order valence-corrected chi connectivity index (χ0v) is 11.8. The standard InChI is InChI=1S/C15H17N3O2/c1-10-11(2)16-12(3)18(15(10)20)9-14(19)17-13-7-5-4-6-8-13/h4-8H,9H2,1-3H3,(H,17,19). The third kappa shape index (κ3) is 2.93. The van der Waals surface area contributed by atoms with E-state index in [2.05, 4.69) is 10.3 Å². The molecule has 0 atom stereocenters. The van der Waals surface area contributed by atoms with E-state index < -0.39 is 0 Å². The van der Waals surface area contributed by atoms with Crippen molar-refractivity contribution in [2.45, 2.75) is 27.3 Å². The number of para-hydroxylation sites is 1. The summed E-state index contributed by atoms with van der Waals surface area (Å²) in [5.74, 6) is 0.299. The van der Waals surface area contributed by atoms with Crippen molar-refractivity contribution in [2.75, 3.05) is 5.32 Å². The number of carbonyl (C=O) groups is 1. The fraction of sp³-hybridized carbons (Fsp3) is 0.267. The van der Waals surface area contributed by atoms with Crippen LogP contribution in [-0.2, 0) is 11.3 Å². The molecule has 0 saturated heterocycles. The second kappa shape index (κ2) is 5.69. The molecule has 104 valence electrons. The van der Waals surface area contributed by atoms with Crippen molar-refractivity contribution < 1.29 is 4.79 Å². The third-order valence-corrected chi connectivity index (χ3v) is 3.19. The van der Waals surface area contributed by atoms with Gasteiger partial charge in [0.1, 0.15) is 12.4 Å². The molecule has 0 spiro atoms. The lowest BCUT2D eigenvalue weighted by atomic mass is 10.2. The lowest BCUT2D eigenvalue weighted by Gasteiger charge is -2.12. The molecule has 0 aliphatic rings. The highest BCUT2D eigenvalue weighted by Gasteiger charge is 2.11. The fourth-order valence-electron chi connectivity index (χ4n) is 1.94. The molecule has 0 unspecified atom stereocenters. The second-order valence-corrected chi connectivity index (χ2v) is 4.67. The number of amides is 1. The van der Waals surface area contributed by atoms with Crippen molar-refractivity contribution in [3.63, 3.8) is 0 Å². The predicted molar refractivity (Wildman–Crippen MR) is 77.8 cm³/mol. The van der Waals surface area contributed by atoms with Gasteiger partial charge in [-0.1, -0.05) is 18.2 Å². The minimum absolute atomic E-state index is 0.0340. The second-order valence-electron chi connectivity index (χ2n) is 4.67. The molecule has 1 N–H and O–H groups in total. The molecule has 1 heterocycles. The topological polar surface area (TPSA) is 64.0 Å². The van der Waals surface area contributed by atoms with Crippen LogP contribution in [0, 0.1) is 20.8 Å². The van der Waals surface area contributed by atoms with E-state index in [0.29, 0.717) is 22.8 Å². The van der Waals surface area contributed by atoms with E-state index in [4.69, 9.17) is 0 Å². The summed E-state index contributed by atoms with van der Waals surface area (Å²) in [5.41, 5.74) is 1.81. The van der Waals surface area contributed by atoms with E-state index in [-0.39, 0.29) is 18.0 Å². The van der Waals surface area contributed by atoms with Crippen LogP contribution in [0.1, 0.15) is 17.1 Å². The normalized spacial score (nSPS) is 10.3. The molecular weight excluding hydrogens is 254 g/mol. The summed E-state index contributed by atoms with van der Waals surface area (Å²) in [7, 11) is 0. The third-order valence-electron chi connectivity index (χ3n) is 3.19. The van der Waals surface area contributed by atoms with E-state index in [1.54, 1.807) is 32.9 Å². The van der Waals surface area contributed by atoms with Gasteiger partial charge in [0, 0.05) is 16.9 Å². The number of hydrogen-bond donors (Lipinski definition) is 1. The van der Waals surface area contributed by atoms with Gasteiger partial charge in [-0.2, -0.15) is 0 Å². The predicted octanol–water partition coefficient (Wildman–Crippen LogP) is 1.81. The summed E-state index contributed by atoms with van der Waals surface area (Å²) in [6.07, 6.45) is 0. The van der Waals surface area contributed by atoms with Crippen molar-refractivity contribution in [1.29, 1.82) is 0 Å². The SMILES string of the molecule is Cc1nc(C)n(CC(=O)Nc2ccccc2)c(=O)c1C. The molecular formula is C15H17N3O2. The Hall–Kier alpha value is -2.43. The molecule has 0 bridgehead atoms. The molecule has 20 heavy (non-hydrogen) atoms. The van der Waals surface area contributed by atoms with E-state index >= 15 is 0 Å². The lowest BCUT2D eigenvalue weighted by molar-refractivity contribution is -0.116. The summed E-state index contributed by atoms with van der Waals surface area (Å²) in [5, 5.41) is 2.75. The van der Waals surface area contributed by atoms with E-state index in [1.165, 1.54) is 4.57 Å². The summed E-state index contributed by atoms with van der Waals surface area (Å²) >= 11 is 0. The molecule has 1 aromatic heterocycles. The first kappa shape index (κ1) is 14.0. The van der Waals surface area contributed by atoms with Crippen LogP contribution in [0.4, 0.5) is 5.69 Å². The average molecular weight is 271 g/mol. The van der Waals surface area contributed by atoms with Crippen LogP contribution in [-0.4, -0.2) is 15.5 Å². The van der Waals surface area contributed by atoms with Crippen molar-refractivity contribution in [2.24, 2.45) is 0 Å². The molecule has 5 nitrogen and oxygen atoms in total. The number of aryl methyl sites for hydroxylation is 2. The highest BCUT2D eigenvalue weighted by molar-refractivity contribution is 5.90. The highest BCUT2D eigenvalue weighted by atomic mass is 16.2. The van der Waals surface area contributed by atoms with Crippen LogP contribution in [0.15, 0.2) is 35.1 Å². The van der Waals surface area contributed by atoms with Gasteiger partial charge in [0.2, 0.25) is 5.91 Å². The van der Waals surface area contributed by atoms with Crippen LogP contribution in [0.25, 0.3) is 0 Å². The van der Waals surface area contributed by atoms with Crippen molar-refractivity contribution >= 4 is 11.6 Å². The Labute approximate surface area is 117 Å². The Bertz CT molecular complexity index is 690. The summed E-state index contributed by atoms with van der Waals surface area (Å²) in [4.78, 5) is 28.4. The first-order valence-corrected chi connectivity index (χ1v) is 6.38. The van der Waals surface area contributed by atoms with E-state index in [0.717, 1.165) is 0 Å². The van der Waals surface area contributed by atoms with Gasteiger partial charge >= 0.3 is 0 Å². The Morgan fingerprint density at radius 1 is 1.20 bits per heavy atom. The number of rotatable bonds is 3. The van der Waals surface area contributed by atoms with Crippen LogP contribution < -0.4 is 10.9 Å². The first-order chi connectivity index (χ1) is 9.49. The minimum Gasteiger partial charge on any atom is -0.325 e. The Morgan fingerprint density at radius 2 is 1.85 bits per heavy atom. The number of nitrogens with one attached hydrogen (secondary N) is 1. The maximum Gasteiger partial charge on any atom is 0.257 e. The number of benzene rings is 1. The molecule has 0 aliphatic carbocycles. The van der Waals surface area contributed by atoms with E-state index in [9.17, 15) is 9.59 Å². The van der Waals surface area contributed by atoms with Gasteiger partial charge in [-0.3, -0.25) is 14.2 Å². The zero-order valence-electron chi connectivity index (χ0n) is 11.8. The quantitative estimate of drug-likeness (QED) is 0.926. The zero-order chi connectivity index (χ0) is 14.7. The molecule has 2 rings (SSSR count). The van der Waals surface area contributed by atoms with Gasteiger partial charge in [0.05, 0.1) is 0 Å². The Morgan fingerprint density at radius 3 is 2.50 bits per heavy atom. The fourth-order valence-corrected chi connectivity index (χ4v) is 1.94. The number of carbonyl (C=O) groups excluding carboxylic acids is 1. The van der Waals surface area contributed by atoms with Crippen LogP contribution >= 0.6 is 0 Å². The van der Waals surface area contributed by atoms with Gasteiger partial charge < -0.3 is 5.32 Å². The van der Waals surface area contributed by atoms with Gasteiger partial charge in [-0.15, -0.1) is 0 Å². The largest absolute Gasteiger partial charge is 0.325 e. The molecule has 0 saturated carbocycles. The number of hydrogen-bond acceptors (Lipinski definition) is 3. The molecule has 1 amide bonds. The van der Waals surface area contributed by atoms with Crippen molar-refractivity contribution in [3.05, 3.63) is 57.8 Å². The summed E-state index contributed by atoms with van der Waals surface area (Å²) in [6.45, 7) is 5.20. The monoisotopic (exact) mass is 271 g/mol. The van der Waals surface area contributed by atoms with E-state index in [1.807, 2.05) is 18.2 Å². The van der Waals surface area contributed by atoms with Gasteiger partial charge in [0.25, 0.3) is 5.56 Å². The molecule has 0 radical (unpaired) electrons. The van der Waals surface area contributed by atoms with Crippen LogP contribution in [0.5, 0.6) is 0 Å². The molecule has 0 aliphatic heterocycles. The number of nitrogens with zero attached hydrogens (tertiary/aromatic N) is 2. The molecule has 2 aromatic rings. The minimum atomic E-state index is -0.244. The van der Waals surface area contributed by atoms with Gasteiger partial charge in [0.15, 0.2) is 0 Å². The smallest absolute Gasteiger partial charge is 0.257 e. The Balaban J connectivity index is 2.21.